The SMILES string of the molecule is CN1CCc2c(ccc(C3(O)CCCC3)c2C2(O)CCCC2)C1. The molecule has 0 bridgehead atoms. The smallest absolute Gasteiger partial charge is 0.0903 e. The molecule has 126 valence electrons. The highest BCUT2D eigenvalue weighted by molar-refractivity contribution is 5.49. The predicted octanol–water partition coefficient (Wildman–Crippen LogP) is 3.20. The molecule has 23 heavy (non-hydrogen) atoms. The van der Waals surface area contributed by atoms with Crippen LogP contribution < -0.4 is 0 Å². The van der Waals surface area contributed by atoms with E-state index in [0.717, 1.165) is 82.0 Å². The van der Waals surface area contributed by atoms with Crippen LogP contribution in [0.4, 0.5) is 0 Å². The summed E-state index contributed by atoms with van der Waals surface area (Å²) >= 11 is 0. The van der Waals surface area contributed by atoms with E-state index in [-0.39, 0.29) is 0 Å². The second kappa shape index (κ2) is 5.58. The molecule has 0 unspecified atom stereocenters. The van der Waals surface area contributed by atoms with Gasteiger partial charge in [-0.15, -0.1) is 0 Å². The standard InChI is InChI=1S/C20H29NO2/c1-21-13-8-16-15(14-21)6-7-17(19(22)9-2-3-10-19)18(16)20(23)11-4-5-12-20/h6-7,22-23H,2-5,8-14H2,1H3. The van der Waals surface area contributed by atoms with Crippen molar-refractivity contribution in [1.29, 1.82) is 0 Å². The lowest BCUT2D eigenvalue weighted by Crippen LogP contribution is -2.35. The van der Waals surface area contributed by atoms with E-state index >= 15 is 0 Å². The van der Waals surface area contributed by atoms with E-state index in [2.05, 4.69) is 24.1 Å². The van der Waals surface area contributed by atoms with E-state index in [4.69, 9.17) is 0 Å². The maximum Gasteiger partial charge on any atom is 0.0903 e. The highest BCUT2D eigenvalue weighted by atomic mass is 16.3. The zero-order valence-electron chi connectivity index (χ0n) is 14.3. The van der Waals surface area contributed by atoms with Gasteiger partial charge in [-0.05, 0) is 61.4 Å². The number of likely N-dealkylation sites (N-methyl/N-ethyl adjacent to an activating group) is 1. The third kappa shape index (κ3) is 2.54. The Morgan fingerprint density at radius 1 is 0.913 bits per heavy atom. The summed E-state index contributed by atoms with van der Waals surface area (Å²) in [6.45, 7) is 2.00. The van der Waals surface area contributed by atoms with Gasteiger partial charge in [0.15, 0.2) is 0 Å². The quantitative estimate of drug-likeness (QED) is 0.881. The summed E-state index contributed by atoms with van der Waals surface area (Å²) in [4.78, 5) is 2.34. The molecule has 3 nitrogen and oxygen atoms in total. The van der Waals surface area contributed by atoms with E-state index in [9.17, 15) is 10.2 Å². The van der Waals surface area contributed by atoms with Crippen LogP contribution in [-0.2, 0) is 24.2 Å². The summed E-state index contributed by atoms with van der Waals surface area (Å²) in [5.74, 6) is 0. The van der Waals surface area contributed by atoms with Crippen LogP contribution in [0.25, 0.3) is 0 Å². The lowest BCUT2D eigenvalue weighted by atomic mass is 9.75. The molecule has 3 heteroatoms. The molecule has 0 amide bonds. The summed E-state index contributed by atoms with van der Waals surface area (Å²) in [6, 6.07) is 4.34. The van der Waals surface area contributed by atoms with Crippen LogP contribution in [0.5, 0.6) is 0 Å². The lowest BCUT2D eigenvalue weighted by molar-refractivity contribution is 0.0176. The van der Waals surface area contributed by atoms with Crippen LogP contribution >= 0.6 is 0 Å². The molecule has 0 saturated heterocycles. The number of benzene rings is 1. The van der Waals surface area contributed by atoms with E-state index in [1.54, 1.807) is 0 Å². The maximum atomic E-state index is 11.4. The van der Waals surface area contributed by atoms with Crippen LogP contribution in [0.1, 0.15) is 73.6 Å². The first kappa shape index (κ1) is 15.6. The van der Waals surface area contributed by atoms with Gasteiger partial charge in [0, 0.05) is 13.1 Å². The Bertz CT molecular complexity index is 598. The van der Waals surface area contributed by atoms with Gasteiger partial charge < -0.3 is 15.1 Å². The lowest BCUT2D eigenvalue weighted by Gasteiger charge is -2.37. The molecule has 1 aliphatic heterocycles. The number of aliphatic hydroxyl groups is 2. The first-order chi connectivity index (χ1) is 11.0. The predicted molar refractivity (Wildman–Crippen MR) is 91.2 cm³/mol. The number of hydrogen-bond acceptors (Lipinski definition) is 3. The molecule has 0 atom stereocenters. The Labute approximate surface area is 139 Å². The van der Waals surface area contributed by atoms with Crippen molar-refractivity contribution < 1.29 is 10.2 Å². The van der Waals surface area contributed by atoms with Crippen molar-refractivity contribution in [3.8, 4) is 0 Å². The second-order valence-corrected chi connectivity index (χ2v) is 8.09. The zero-order valence-corrected chi connectivity index (χ0v) is 14.3. The third-order valence-electron chi connectivity index (χ3n) is 6.42. The van der Waals surface area contributed by atoms with Crippen molar-refractivity contribution >= 4 is 0 Å². The summed E-state index contributed by atoms with van der Waals surface area (Å²) in [5.41, 5.74) is 3.42. The zero-order chi connectivity index (χ0) is 16.1. The average molecular weight is 315 g/mol. The first-order valence-electron chi connectivity index (χ1n) is 9.31. The Hall–Kier alpha value is -0.900. The minimum atomic E-state index is -0.716. The molecule has 3 aliphatic rings. The van der Waals surface area contributed by atoms with Gasteiger partial charge in [-0.2, -0.15) is 0 Å². The molecule has 0 radical (unpaired) electrons. The van der Waals surface area contributed by atoms with Gasteiger partial charge in [-0.1, -0.05) is 37.8 Å². The summed E-state index contributed by atoms with van der Waals surface area (Å²) in [7, 11) is 2.16. The third-order valence-corrected chi connectivity index (χ3v) is 6.42. The highest BCUT2D eigenvalue weighted by Crippen LogP contribution is 2.49. The van der Waals surface area contributed by atoms with Crippen LogP contribution in [-0.4, -0.2) is 28.7 Å². The van der Waals surface area contributed by atoms with Gasteiger partial charge >= 0.3 is 0 Å². The maximum absolute atomic E-state index is 11.4. The number of rotatable bonds is 2. The fourth-order valence-electron chi connectivity index (χ4n) is 5.16. The van der Waals surface area contributed by atoms with Crippen molar-refractivity contribution in [2.45, 2.75) is 75.5 Å². The fraction of sp³-hybridized carbons (Fsp3) is 0.700. The Morgan fingerprint density at radius 2 is 1.52 bits per heavy atom. The molecule has 1 aromatic carbocycles. The summed E-state index contributed by atoms with van der Waals surface area (Å²) < 4.78 is 0. The van der Waals surface area contributed by atoms with Gasteiger partial charge in [0.25, 0.3) is 0 Å². The second-order valence-electron chi connectivity index (χ2n) is 8.09. The summed E-state index contributed by atoms with van der Waals surface area (Å²) in [6.07, 6.45) is 8.75. The molecule has 1 aromatic rings. The van der Waals surface area contributed by atoms with E-state index < -0.39 is 11.2 Å². The molecule has 2 N–H and O–H groups in total. The minimum Gasteiger partial charge on any atom is -0.385 e. The molecule has 4 rings (SSSR count). The van der Waals surface area contributed by atoms with Crippen LogP contribution in [0.15, 0.2) is 12.1 Å². The van der Waals surface area contributed by atoms with Crippen molar-refractivity contribution in [2.24, 2.45) is 0 Å². The van der Waals surface area contributed by atoms with E-state index in [1.807, 2.05) is 0 Å². The van der Waals surface area contributed by atoms with Gasteiger partial charge in [0.2, 0.25) is 0 Å². The van der Waals surface area contributed by atoms with Crippen LogP contribution in [0, 0.1) is 0 Å². The molecule has 2 fully saturated rings. The average Bonchev–Trinajstić information content (AvgIpc) is 3.16. The molecular formula is C20H29NO2. The molecule has 0 spiro atoms. The Balaban J connectivity index is 1.89. The molecule has 0 aromatic heterocycles. The van der Waals surface area contributed by atoms with Gasteiger partial charge in [0.1, 0.15) is 0 Å². The topological polar surface area (TPSA) is 43.7 Å². The van der Waals surface area contributed by atoms with Crippen molar-refractivity contribution in [3.05, 3.63) is 34.4 Å². The van der Waals surface area contributed by atoms with Crippen LogP contribution in [0.2, 0.25) is 0 Å². The molecular weight excluding hydrogens is 286 g/mol. The fourth-order valence-corrected chi connectivity index (χ4v) is 5.16. The minimum absolute atomic E-state index is 0.713. The Kier molecular flexibility index (Phi) is 3.79. The normalized spacial score (nSPS) is 26.4. The van der Waals surface area contributed by atoms with Gasteiger partial charge in [0.05, 0.1) is 11.2 Å². The molecule has 1 heterocycles. The number of nitrogens with zero attached hydrogens (tertiary/aromatic N) is 1. The molecule has 2 aliphatic carbocycles. The summed E-state index contributed by atoms with van der Waals surface area (Å²) in [5, 5.41) is 22.7. The van der Waals surface area contributed by atoms with Gasteiger partial charge in [-0.25, -0.2) is 0 Å². The van der Waals surface area contributed by atoms with Crippen molar-refractivity contribution in [1.82, 2.24) is 4.90 Å². The van der Waals surface area contributed by atoms with E-state index in [1.165, 1.54) is 11.1 Å². The van der Waals surface area contributed by atoms with E-state index in [0.29, 0.717) is 0 Å². The van der Waals surface area contributed by atoms with Gasteiger partial charge in [-0.3, -0.25) is 0 Å². The highest BCUT2D eigenvalue weighted by Gasteiger charge is 2.43. The first-order valence-corrected chi connectivity index (χ1v) is 9.31. The van der Waals surface area contributed by atoms with Crippen LogP contribution in [0.3, 0.4) is 0 Å². The number of hydrogen-bond donors (Lipinski definition) is 2. The van der Waals surface area contributed by atoms with Crippen molar-refractivity contribution in [2.75, 3.05) is 13.6 Å². The number of fused-ring (bicyclic) bond motifs is 1. The molecule has 2 saturated carbocycles. The van der Waals surface area contributed by atoms with Crippen molar-refractivity contribution in [3.63, 3.8) is 0 Å². The largest absolute Gasteiger partial charge is 0.385 e. The monoisotopic (exact) mass is 315 g/mol. The Morgan fingerprint density at radius 3 is 2.17 bits per heavy atom.